The number of nitrogens with zero attached hydrogens (tertiary/aromatic N) is 3. The smallest absolute Gasteiger partial charge is 0.124 e. The summed E-state index contributed by atoms with van der Waals surface area (Å²) in [6.45, 7) is 0.601. The Morgan fingerprint density at radius 2 is 2.33 bits per heavy atom. The zero-order valence-electron chi connectivity index (χ0n) is 8.22. The summed E-state index contributed by atoms with van der Waals surface area (Å²) in [6.07, 6.45) is 3.43. The van der Waals surface area contributed by atoms with Gasteiger partial charge in [-0.05, 0) is 18.2 Å². The summed E-state index contributed by atoms with van der Waals surface area (Å²) in [5.74, 6) is 0.801. The summed E-state index contributed by atoms with van der Waals surface area (Å²) in [6, 6.07) is 5.50. The van der Waals surface area contributed by atoms with Crippen LogP contribution in [0.2, 0.25) is 5.02 Å². The third-order valence-corrected chi connectivity index (χ3v) is 2.28. The molecule has 4 nitrogen and oxygen atoms in total. The average Bonchev–Trinajstić information content (AvgIpc) is 2.71. The molecule has 2 rings (SSSR count). The van der Waals surface area contributed by atoms with Crippen LogP contribution in [0, 0.1) is 0 Å². The van der Waals surface area contributed by atoms with Crippen LogP contribution in [0.4, 0.5) is 0 Å². The van der Waals surface area contributed by atoms with Crippen LogP contribution in [0.1, 0.15) is 5.56 Å². The van der Waals surface area contributed by atoms with Gasteiger partial charge in [0.25, 0.3) is 0 Å². The number of hydrogen-bond acceptors (Lipinski definition) is 3. The average molecular weight is 224 g/mol. The number of halogens is 1. The molecule has 0 bridgehead atoms. The number of rotatable bonds is 3. The minimum absolute atomic E-state index is 0.601. The van der Waals surface area contributed by atoms with Gasteiger partial charge < -0.3 is 4.74 Å². The molecule has 0 aliphatic carbocycles. The summed E-state index contributed by atoms with van der Waals surface area (Å²) in [5, 5.41) is 8.31. The summed E-state index contributed by atoms with van der Waals surface area (Å²) in [5.41, 5.74) is 0.982. The molecule has 0 amide bonds. The van der Waals surface area contributed by atoms with Crippen LogP contribution in [-0.4, -0.2) is 22.1 Å². The lowest BCUT2D eigenvalue weighted by molar-refractivity contribution is 0.407. The van der Waals surface area contributed by atoms with E-state index in [4.69, 9.17) is 16.3 Å². The highest BCUT2D eigenvalue weighted by Crippen LogP contribution is 2.23. The third kappa shape index (κ3) is 2.27. The number of ether oxygens (including phenoxy) is 1. The Labute approximate surface area is 92.4 Å². The van der Waals surface area contributed by atoms with Gasteiger partial charge in [-0.1, -0.05) is 16.8 Å². The molecule has 5 heteroatoms. The number of hydrogen-bond donors (Lipinski definition) is 0. The predicted molar refractivity (Wildman–Crippen MR) is 57.1 cm³/mol. The standard InChI is InChI=1S/C10H10ClN3O/c1-15-10-3-2-9(11)6-8(10)7-14-5-4-12-13-14/h2-6H,7H2,1H3. The highest BCUT2D eigenvalue weighted by Gasteiger charge is 2.04. The fourth-order valence-electron chi connectivity index (χ4n) is 1.36. The quantitative estimate of drug-likeness (QED) is 0.799. The molecule has 0 N–H and O–H groups in total. The van der Waals surface area contributed by atoms with Crippen molar-refractivity contribution in [1.29, 1.82) is 0 Å². The van der Waals surface area contributed by atoms with E-state index in [-0.39, 0.29) is 0 Å². The molecule has 1 heterocycles. The van der Waals surface area contributed by atoms with Gasteiger partial charge in [0.15, 0.2) is 0 Å². The zero-order chi connectivity index (χ0) is 10.7. The summed E-state index contributed by atoms with van der Waals surface area (Å²) in [4.78, 5) is 0. The Balaban J connectivity index is 2.30. The summed E-state index contributed by atoms with van der Waals surface area (Å²) in [7, 11) is 1.63. The van der Waals surface area contributed by atoms with E-state index in [0.29, 0.717) is 11.6 Å². The van der Waals surface area contributed by atoms with E-state index < -0.39 is 0 Å². The fourth-order valence-corrected chi connectivity index (χ4v) is 1.56. The maximum Gasteiger partial charge on any atom is 0.124 e. The van der Waals surface area contributed by atoms with Gasteiger partial charge in [-0.15, -0.1) is 5.10 Å². The van der Waals surface area contributed by atoms with Crippen LogP contribution in [-0.2, 0) is 6.54 Å². The van der Waals surface area contributed by atoms with Gasteiger partial charge in [-0.25, -0.2) is 4.68 Å². The lowest BCUT2D eigenvalue weighted by atomic mass is 10.2. The highest BCUT2D eigenvalue weighted by atomic mass is 35.5. The molecule has 1 aromatic heterocycles. The first-order chi connectivity index (χ1) is 7.29. The molecule has 15 heavy (non-hydrogen) atoms. The molecule has 2 aromatic rings. The topological polar surface area (TPSA) is 39.9 Å². The fraction of sp³-hybridized carbons (Fsp3) is 0.200. The lowest BCUT2D eigenvalue weighted by Gasteiger charge is -2.08. The summed E-state index contributed by atoms with van der Waals surface area (Å²) >= 11 is 5.91. The second-order valence-electron chi connectivity index (χ2n) is 3.06. The SMILES string of the molecule is COc1ccc(Cl)cc1Cn1ccnn1. The van der Waals surface area contributed by atoms with Crippen LogP contribution >= 0.6 is 11.6 Å². The first-order valence-corrected chi connectivity index (χ1v) is 4.84. The van der Waals surface area contributed by atoms with E-state index in [2.05, 4.69) is 10.3 Å². The van der Waals surface area contributed by atoms with Crippen molar-refractivity contribution in [1.82, 2.24) is 15.0 Å². The largest absolute Gasteiger partial charge is 0.496 e. The molecule has 0 spiro atoms. The van der Waals surface area contributed by atoms with Gasteiger partial charge in [0.1, 0.15) is 5.75 Å². The van der Waals surface area contributed by atoms with Gasteiger partial charge >= 0.3 is 0 Å². The predicted octanol–water partition coefficient (Wildman–Crippen LogP) is 1.99. The Bertz CT molecular complexity index is 442. The van der Waals surface area contributed by atoms with Crippen LogP contribution in [0.3, 0.4) is 0 Å². The van der Waals surface area contributed by atoms with E-state index in [1.165, 1.54) is 0 Å². The van der Waals surface area contributed by atoms with Crippen molar-refractivity contribution in [2.24, 2.45) is 0 Å². The first-order valence-electron chi connectivity index (χ1n) is 4.46. The third-order valence-electron chi connectivity index (χ3n) is 2.05. The molecule has 78 valence electrons. The van der Waals surface area contributed by atoms with Crippen LogP contribution in [0.5, 0.6) is 5.75 Å². The second-order valence-corrected chi connectivity index (χ2v) is 3.49. The minimum Gasteiger partial charge on any atom is -0.496 e. The van der Waals surface area contributed by atoms with E-state index >= 15 is 0 Å². The molecule has 0 atom stereocenters. The molecule has 0 saturated carbocycles. The van der Waals surface area contributed by atoms with E-state index in [1.54, 1.807) is 30.3 Å². The van der Waals surface area contributed by atoms with E-state index in [9.17, 15) is 0 Å². The molecule has 0 fully saturated rings. The molecular weight excluding hydrogens is 214 g/mol. The molecule has 0 radical (unpaired) electrons. The Hall–Kier alpha value is -1.55. The number of methoxy groups -OCH3 is 1. The molecule has 0 unspecified atom stereocenters. The molecule has 1 aromatic carbocycles. The van der Waals surface area contributed by atoms with Crippen molar-refractivity contribution < 1.29 is 4.74 Å². The maximum absolute atomic E-state index is 5.91. The number of benzene rings is 1. The Morgan fingerprint density at radius 3 is 3.00 bits per heavy atom. The number of aromatic nitrogens is 3. The molecular formula is C10H10ClN3O. The van der Waals surface area contributed by atoms with Crippen LogP contribution in [0.25, 0.3) is 0 Å². The highest BCUT2D eigenvalue weighted by molar-refractivity contribution is 6.30. The normalized spacial score (nSPS) is 10.3. The molecule has 0 aliphatic rings. The molecule has 0 saturated heterocycles. The van der Waals surface area contributed by atoms with Gasteiger partial charge in [0, 0.05) is 16.8 Å². The first kappa shape index (κ1) is 9.98. The minimum atomic E-state index is 0.601. The van der Waals surface area contributed by atoms with Crippen molar-refractivity contribution in [2.45, 2.75) is 6.54 Å². The van der Waals surface area contributed by atoms with Crippen molar-refractivity contribution in [2.75, 3.05) is 7.11 Å². The monoisotopic (exact) mass is 223 g/mol. The van der Waals surface area contributed by atoms with Crippen LogP contribution in [0.15, 0.2) is 30.6 Å². The van der Waals surface area contributed by atoms with Gasteiger partial charge in [0.2, 0.25) is 0 Å². The van der Waals surface area contributed by atoms with Gasteiger partial charge in [0.05, 0.1) is 19.9 Å². The lowest BCUT2D eigenvalue weighted by Crippen LogP contribution is -2.02. The molecule has 0 aliphatic heterocycles. The Morgan fingerprint density at radius 1 is 1.47 bits per heavy atom. The van der Waals surface area contributed by atoms with E-state index in [1.807, 2.05) is 12.1 Å². The van der Waals surface area contributed by atoms with Gasteiger partial charge in [-0.3, -0.25) is 0 Å². The van der Waals surface area contributed by atoms with Gasteiger partial charge in [-0.2, -0.15) is 0 Å². The summed E-state index contributed by atoms with van der Waals surface area (Å²) < 4.78 is 6.95. The van der Waals surface area contributed by atoms with Crippen molar-refractivity contribution in [3.63, 3.8) is 0 Å². The van der Waals surface area contributed by atoms with E-state index in [0.717, 1.165) is 11.3 Å². The second kappa shape index (κ2) is 4.31. The Kier molecular flexibility index (Phi) is 2.87. The van der Waals surface area contributed by atoms with Crippen molar-refractivity contribution in [3.05, 3.63) is 41.2 Å². The maximum atomic E-state index is 5.91. The van der Waals surface area contributed by atoms with Crippen molar-refractivity contribution in [3.8, 4) is 5.75 Å². The van der Waals surface area contributed by atoms with Crippen LogP contribution < -0.4 is 4.74 Å². The van der Waals surface area contributed by atoms with Crippen molar-refractivity contribution >= 4 is 11.6 Å². The zero-order valence-corrected chi connectivity index (χ0v) is 8.98.